The van der Waals surface area contributed by atoms with Crippen molar-refractivity contribution >= 4 is 76.6 Å². The fourth-order valence-electron chi connectivity index (χ4n) is 11.0. The Balaban J connectivity index is 0.0000108. The molecule has 4 aromatic carbocycles. The second kappa shape index (κ2) is 30.6. The molecule has 82 heavy (non-hydrogen) atoms. The summed E-state index contributed by atoms with van der Waals surface area (Å²) in [4.78, 5) is 39.9. The number of amides is 3. The van der Waals surface area contributed by atoms with Crippen LogP contribution < -0.4 is 39.8 Å². The van der Waals surface area contributed by atoms with E-state index < -0.39 is 43.7 Å². The number of carbonyl (C=O) groups is 3. The van der Waals surface area contributed by atoms with Gasteiger partial charge in [-0.3, -0.25) is 19.3 Å². The van der Waals surface area contributed by atoms with E-state index in [9.17, 15) is 40.3 Å². The quantitative estimate of drug-likeness (QED) is 0.0120. The van der Waals surface area contributed by atoms with Crippen LogP contribution in [0.25, 0.3) is 21.5 Å². The molecule has 1 fully saturated rings. The van der Waals surface area contributed by atoms with Crippen molar-refractivity contribution in [3.63, 3.8) is 0 Å². The summed E-state index contributed by atoms with van der Waals surface area (Å²) < 4.78 is 92.4. The Bertz CT molecular complexity index is 3310. The van der Waals surface area contributed by atoms with Gasteiger partial charge in [0.2, 0.25) is 23.4 Å². The Hall–Kier alpha value is -5.16. The molecule has 17 nitrogen and oxygen atoms in total. The SMILES string of the molecule is C=C(CCOCCOCCOCCOCCNC(=O)CCCCC[N+]1=C(/C=C/C=C/C=C/C=C2\N(CCCCS(=O)(=O)[O-])c3ccc4ccccc4c3C2(C)C)C(C)(C)c2c1ccc1ccccc21)CN1C(=O)CC(S(=O)(=O)[O-])C1=O.[Na+]. The van der Waals surface area contributed by atoms with Crippen LogP contribution in [0.2, 0.25) is 0 Å². The molecule has 0 spiro atoms. The Morgan fingerprint density at radius 2 is 1.29 bits per heavy atom. The van der Waals surface area contributed by atoms with Gasteiger partial charge in [0.1, 0.15) is 21.9 Å². The van der Waals surface area contributed by atoms with Crippen LogP contribution >= 0.6 is 0 Å². The second-order valence-electron chi connectivity index (χ2n) is 21.6. The number of anilines is 1. The molecule has 436 valence electrons. The molecule has 1 saturated heterocycles. The first-order chi connectivity index (χ1) is 38.7. The van der Waals surface area contributed by atoms with E-state index in [4.69, 9.17) is 18.9 Å². The number of ether oxygens (including phenoxy) is 4. The molecule has 0 saturated carbocycles. The van der Waals surface area contributed by atoms with Crippen LogP contribution in [0.4, 0.5) is 11.4 Å². The summed E-state index contributed by atoms with van der Waals surface area (Å²) in [6, 6.07) is 25.6. The van der Waals surface area contributed by atoms with Gasteiger partial charge in [0.05, 0.1) is 74.8 Å². The number of hydrogen-bond acceptors (Lipinski definition) is 14. The summed E-state index contributed by atoms with van der Waals surface area (Å²) in [5, 5.41) is 5.88. The van der Waals surface area contributed by atoms with Crippen molar-refractivity contribution in [1.29, 1.82) is 0 Å². The van der Waals surface area contributed by atoms with Crippen molar-refractivity contribution in [1.82, 2.24) is 10.2 Å². The Kier molecular flexibility index (Phi) is 24.6. The Labute approximate surface area is 505 Å². The molecule has 4 aromatic rings. The van der Waals surface area contributed by atoms with E-state index in [1.165, 1.54) is 38.7 Å². The summed E-state index contributed by atoms with van der Waals surface area (Å²) >= 11 is 0. The van der Waals surface area contributed by atoms with Gasteiger partial charge in [-0.25, -0.2) is 16.8 Å². The molecule has 3 aliphatic rings. The number of nitrogens with one attached hydrogen (secondary N) is 1. The molecule has 0 aliphatic carbocycles. The van der Waals surface area contributed by atoms with Gasteiger partial charge in [0, 0.05) is 72.7 Å². The van der Waals surface area contributed by atoms with Crippen molar-refractivity contribution in [3.05, 3.63) is 144 Å². The van der Waals surface area contributed by atoms with Crippen LogP contribution in [0.3, 0.4) is 0 Å². The molecule has 0 aromatic heterocycles. The van der Waals surface area contributed by atoms with Gasteiger partial charge in [-0.05, 0) is 91.3 Å². The number of nitrogens with zero attached hydrogens (tertiary/aromatic N) is 3. The van der Waals surface area contributed by atoms with Crippen LogP contribution in [0.1, 0.15) is 90.2 Å². The van der Waals surface area contributed by atoms with E-state index in [0.717, 1.165) is 47.5 Å². The van der Waals surface area contributed by atoms with E-state index in [2.05, 4.69) is 146 Å². The minimum absolute atomic E-state index is 0. The summed E-state index contributed by atoms with van der Waals surface area (Å²) in [6.45, 7) is 17.2. The zero-order chi connectivity index (χ0) is 58.2. The third-order valence-corrected chi connectivity index (χ3v) is 16.8. The zero-order valence-electron chi connectivity index (χ0n) is 48.1. The van der Waals surface area contributed by atoms with Gasteiger partial charge >= 0.3 is 29.6 Å². The number of likely N-dealkylation sites (tertiary alicyclic amines) is 1. The number of allylic oxidation sites excluding steroid dienone is 8. The van der Waals surface area contributed by atoms with Gasteiger partial charge in [0.25, 0.3) is 0 Å². The normalized spacial score (nSPS) is 17.4. The average molecular weight is 1170 g/mol. The van der Waals surface area contributed by atoms with Crippen molar-refractivity contribution in [3.8, 4) is 0 Å². The van der Waals surface area contributed by atoms with Crippen molar-refractivity contribution in [2.75, 3.05) is 89.7 Å². The topological polar surface area (TPSA) is 224 Å². The first-order valence-corrected chi connectivity index (χ1v) is 30.9. The molecule has 1 atom stereocenters. The molecule has 20 heteroatoms. The van der Waals surface area contributed by atoms with Crippen LogP contribution in [0, 0.1) is 0 Å². The van der Waals surface area contributed by atoms with Crippen LogP contribution in [0.5, 0.6) is 0 Å². The predicted octanol–water partition coefficient (Wildman–Crippen LogP) is 5.41. The van der Waals surface area contributed by atoms with E-state index >= 15 is 0 Å². The number of unbranched alkanes of at least 4 members (excludes halogenated alkanes) is 3. The van der Waals surface area contributed by atoms with Crippen molar-refractivity contribution < 1.29 is 93.4 Å². The van der Waals surface area contributed by atoms with Gasteiger partial charge < -0.3 is 38.3 Å². The summed E-state index contributed by atoms with van der Waals surface area (Å²) in [5.41, 5.74) is 7.06. The Morgan fingerprint density at radius 1 is 0.695 bits per heavy atom. The maximum Gasteiger partial charge on any atom is 1.00 e. The molecule has 7 rings (SSSR count). The molecular formula is C62H77N4NaO13S2. The van der Waals surface area contributed by atoms with Gasteiger partial charge in [-0.1, -0.05) is 111 Å². The predicted molar refractivity (Wildman–Crippen MR) is 314 cm³/mol. The smallest absolute Gasteiger partial charge is 0.748 e. The number of rotatable bonds is 33. The second-order valence-corrected chi connectivity index (χ2v) is 24.6. The molecule has 3 aliphatic heterocycles. The van der Waals surface area contributed by atoms with E-state index in [0.29, 0.717) is 90.6 Å². The van der Waals surface area contributed by atoms with Crippen molar-refractivity contribution in [2.24, 2.45) is 0 Å². The first-order valence-electron chi connectivity index (χ1n) is 27.9. The zero-order valence-corrected chi connectivity index (χ0v) is 51.7. The van der Waals surface area contributed by atoms with E-state index in [1.54, 1.807) is 0 Å². The maximum absolute atomic E-state index is 12.7. The summed E-state index contributed by atoms with van der Waals surface area (Å²) in [5.74, 6) is -2.11. The monoisotopic (exact) mass is 1170 g/mol. The molecule has 0 radical (unpaired) electrons. The van der Waals surface area contributed by atoms with Crippen LogP contribution in [-0.4, -0.2) is 149 Å². The Morgan fingerprint density at radius 3 is 1.94 bits per heavy atom. The minimum atomic E-state index is -4.90. The van der Waals surface area contributed by atoms with Crippen molar-refractivity contribution in [2.45, 2.75) is 95.1 Å². The fourth-order valence-corrected chi connectivity index (χ4v) is 12.3. The standard InChI is InChI=1S/C62H78N4O13S2.Na/c1-46(45-66-57(68)44-53(60(66)69)81(73,74)75)31-35-76-37-39-78-41-42-79-40-38-77-36-32-63-56(67)26-12-9-17-33-64-51-29-27-47-20-13-15-22-49(47)58(51)61(2,3)54(64)24-10-7-6-8-11-25-55-62(4,5)59-50-23-16-14-21-48(50)28-30-52(59)65(55)34-18-19-43-80(70,71)72;/h6-8,10-11,13-16,20-25,27-30,53H,1,9,12,17-19,26,31-45H2,2-5H3,(H2-,63,67,70,71,72,73,74,75);/q;+1/p-1. The molecule has 3 amide bonds. The third-order valence-electron chi connectivity index (χ3n) is 15.0. The third kappa shape index (κ3) is 17.5. The first kappa shape index (κ1) is 66.0. The largest absolute Gasteiger partial charge is 1.00 e. The van der Waals surface area contributed by atoms with E-state index in [-0.39, 0.29) is 65.2 Å². The molecule has 0 bridgehead atoms. The van der Waals surface area contributed by atoms with Gasteiger partial charge in [-0.15, -0.1) is 0 Å². The fraction of sp³-hybridized carbons (Fsp3) is 0.452. The van der Waals surface area contributed by atoms with Gasteiger partial charge in [-0.2, -0.15) is 4.58 Å². The van der Waals surface area contributed by atoms with Crippen LogP contribution in [-0.2, 0) is 64.4 Å². The number of carbonyl (C=O) groups excluding carboxylic acids is 3. The average Bonchev–Trinajstić information content (AvgIpc) is 2.03. The summed E-state index contributed by atoms with van der Waals surface area (Å²) in [6.07, 6.45) is 18.2. The van der Waals surface area contributed by atoms with Crippen LogP contribution in [0.15, 0.2) is 133 Å². The molecular weight excluding hydrogens is 1100 g/mol. The minimum Gasteiger partial charge on any atom is -0.748 e. The molecule has 1 N–H and O–H groups in total. The number of hydrogen-bond donors (Lipinski definition) is 1. The maximum atomic E-state index is 12.7. The number of imide groups is 1. The van der Waals surface area contributed by atoms with Gasteiger partial charge in [0.15, 0.2) is 5.71 Å². The van der Waals surface area contributed by atoms with E-state index in [1.807, 2.05) is 18.2 Å². The molecule has 1 unspecified atom stereocenters. The summed E-state index contributed by atoms with van der Waals surface area (Å²) in [7, 11) is -9.18. The molecule has 3 heterocycles. The number of fused-ring (bicyclic) bond motifs is 6. The number of benzene rings is 4.